The van der Waals surface area contributed by atoms with E-state index in [0.29, 0.717) is 25.0 Å². The van der Waals surface area contributed by atoms with Gasteiger partial charge in [-0.3, -0.25) is 14.6 Å². The van der Waals surface area contributed by atoms with Gasteiger partial charge in [-0.25, -0.2) is 0 Å². The molecule has 2 aliphatic rings. The highest BCUT2D eigenvalue weighted by atomic mass is 127. The predicted octanol–water partition coefficient (Wildman–Crippen LogP) is 5.43. The zero-order valence-electron chi connectivity index (χ0n) is 17.1. The number of rotatable bonds is 4. The molecule has 4 rings (SSSR count). The zero-order valence-corrected chi connectivity index (χ0v) is 19.3. The summed E-state index contributed by atoms with van der Waals surface area (Å²) in [5.74, 6) is -1.04. The largest absolute Gasteiger partial charge is 0.465 e. The molecular weight excluding hydrogens is 489 g/mol. The van der Waals surface area contributed by atoms with Crippen molar-refractivity contribution < 1.29 is 14.3 Å². The quantitative estimate of drug-likeness (QED) is 0.405. The normalized spacial score (nSPS) is 23.6. The first kappa shape index (κ1) is 21.0. The highest BCUT2D eigenvalue weighted by molar-refractivity contribution is 14.1. The second-order valence-corrected chi connectivity index (χ2v) is 8.94. The molecule has 1 unspecified atom stereocenters. The van der Waals surface area contributed by atoms with E-state index in [2.05, 4.69) is 34.7 Å². The molecule has 0 fully saturated rings. The molecule has 0 amide bonds. The highest BCUT2D eigenvalue weighted by Crippen LogP contribution is 2.47. The predicted molar refractivity (Wildman–Crippen MR) is 126 cm³/mol. The minimum Gasteiger partial charge on any atom is -0.465 e. The van der Waals surface area contributed by atoms with Crippen LogP contribution in [0, 0.1) is 9.49 Å². The van der Waals surface area contributed by atoms with Gasteiger partial charge in [0.25, 0.3) is 0 Å². The third-order valence-corrected chi connectivity index (χ3v) is 6.92. The molecule has 4 nitrogen and oxygen atoms in total. The van der Waals surface area contributed by atoms with Crippen LogP contribution in [0.25, 0.3) is 0 Å². The molecule has 0 spiro atoms. The Balaban J connectivity index is 1.83. The third kappa shape index (κ3) is 3.87. The Kier molecular flexibility index (Phi) is 6.18. The van der Waals surface area contributed by atoms with Gasteiger partial charge in [-0.1, -0.05) is 48.5 Å². The van der Waals surface area contributed by atoms with E-state index in [1.54, 1.807) is 6.92 Å². The molecule has 2 aromatic rings. The number of hydrogen-bond donors (Lipinski definition) is 0. The van der Waals surface area contributed by atoms with E-state index in [1.807, 2.05) is 49.4 Å². The maximum absolute atomic E-state index is 13.5. The van der Waals surface area contributed by atoms with Crippen molar-refractivity contribution >= 4 is 40.1 Å². The Morgan fingerprint density at radius 2 is 1.80 bits per heavy atom. The first-order valence-electron chi connectivity index (χ1n) is 10.3. The average Bonchev–Trinajstić information content (AvgIpc) is 2.74. The number of halogens is 1. The van der Waals surface area contributed by atoms with Crippen molar-refractivity contribution in [1.29, 1.82) is 0 Å². The fraction of sp³-hybridized carbons (Fsp3) is 0.320. The number of nitrogens with zero attached hydrogens (tertiary/aromatic N) is 1. The number of carbonyl (C=O) groups is 2. The third-order valence-electron chi connectivity index (χ3n) is 5.94. The van der Waals surface area contributed by atoms with Crippen LogP contribution in [0.2, 0.25) is 0 Å². The zero-order chi connectivity index (χ0) is 21.3. The van der Waals surface area contributed by atoms with Gasteiger partial charge in [0, 0.05) is 32.9 Å². The number of ether oxygens (including phenoxy) is 1. The molecule has 1 heterocycles. The fourth-order valence-corrected chi connectivity index (χ4v) is 5.34. The smallest absolute Gasteiger partial charge is 0.315 e. The van der Waals surface area contributed by atoms with Crippen LogP contribution in [-0.2, 0) is 14.3 Å². The number of Topliss-reactive ketones (excluding diaryl/α,β-unsaturated/α-hetero) is 1. The number of ketones is 1. The van der Waals surface area contributed by atoms with Crippen LogP contribution >= 0.6 is 22.6 Å². The van der Waals surface area contributed by atoms with E-state index in [0.717, 1.165) is 26.1 Å². The SMILES string of the molecule is CCOC(=O)C1C(C)=NC2=C(C(=O)C[C@@H](c3ccccc3)C2)[C@@H]1c1ccccc1I. The van der Waals surface area contributed by atoms with Gasteiger partial charge < -0.3 is 4.74 Å². The van der Waals surface area contributed by atoms with Gasteiger partial charge in [-0.2, -0.15) is 0 Å². The summed E-state index contributed by atoms with van der Waals surface area (Å²) in [6.45, 7) is 3.98. The fourth-order valence-electron chi connectivity index (χ4n) is 4.62. The van der Waals surface area contributed by atoms with Crippen molar-refractivity contribution in [2.75, 3.05) is 6.61 Å². The first-order chi connectivity index (χ1) is 14.5. The molecule has 5 heteroatoms. The number of aliphatic imine (C=N–C) groups is 1. The summed E-state index contributed by atoms with van der Waals surface area (Å²) in [7, 11) is 0. The average molecular weight is 513 g/mol. The second kappa shape index (κ2) is 8.84. The lowest BCUT2D eigenvalue weighted by Crippen LogP contribution is -2.38. The van der Waals surface area contributed by atoms with E-state index in [9.17, 15) is 9.59 Å². The Morgan fingerprint density at radius 3 is 2.50 bits per heavy atom. The van der Waals surface area contributed by atoms with Crippen molar-refractivity contribution in [3.63, 3.8) is 0 Å². The lowest BCUT2D eigenvalue weighted by Gasteiger charge is -2.36. The van der Waals surface area contributed by atoms with Crippen molar-refractivity contribution in [3.8, 4) is 0 Å². The monoisotopic (exact) mass is 513 g/mol. The first-order valence-corrected chi connectivity index (χ1v) is 11.4. The molecule has 0 aromatic heterocycles. The molecule has 1 aliphatic carbocycles. The Morgan fingerprint density at radius 1 is 1.10 bits per heavy atom. The minimum atomic E-state index is -0.572. The molecule has 1 aliphatic heterocycles. The van der Waals surface area contributed by atoms with Crippen molar-refractivity contribution in [1.82, 2.24) is 0 Å². The lowest BCUT2D eigenvalue weighted by atomic mass is 9.69. The van der Waals surface area contributed by atoms with Crippen molar-refractivity contribution in [2.24, 2.45) is 10.9 Å². The van der Waals surface area contributed by atoms with E-state index >= 15 is 0 Å². The van der Waals surface area contributed by atoms with Crippen LogP contribution in [0.4, 0.5) is 0 Å². The molecule has 0 N–H and O–H groups in total. The molecule has 0 radical (unpaired) electrons. The Labute approximate surface area is 190 Å². The van der Waals surface area contributed by atoms with Gasteiger partial charge >= 0.3 is 5.97 Å². The van der Waals surface area contributed by atoms with Gasteiger partial charge in [0.2, 0.25) is 0 Å². The molecule has 3 atom stereocenters. The van der Waals surface area contributed by atoms with E-state index in [4.69, 9.17) is 9.73 Å². The van der Waals surface area contributed by atoms with Crippen LogP contribution < -0.4 is 0 Å². The molecule has 0 saturated carbocycles. The standard InChI is InChI=1S/C25H24INO3/c1-3-30-25(29)22-15(2)27-20-13-17(16-9-5-4-6-10-16)14-21(28)24(20)23(22)18-11-7-8-12-19(18)26/h4-12,17,22-23H,3,13-14H2,1-2H3/t17-,22?,23+/m0/s1. The summed E-state index contributed by atoms with van der Waals surface area (Å²) < 4.78 is 6.43. The van der Waals surface area contributed by atoms with E-state index < -0.39 is 5.92 Å². The summed E-state index contributed by atoms with van der Waals surface area (Å²) in [6, 6.07) is 18.1. The van der Waals surface area contributed by atoms with Crippen LogP contribution in [0.15, 0.2) is 70.9 Å². The van der Waals surface area contributed by atoms with Crippen LogP contribution in [0.5, 0.6) is 0 Å². The van der Waals surface area contributed by atoms with E-state index in [1.165, 1.54) is 0 Å². The Hall–Kier alpha value is -2.28. The summed E-state index contributed by atoms with van der Waals surface area (Å²) in [5.41, 5.74) is 4.38. The number of hydrogen-bond acceptors (Lipinski definition) is 4. The summed E-state index contributed by atoms with van der Waals surface area (Å²) in [5, 5.41) is 0. The highest BCUT2D eigenvalue weighted by Gasteiger charge is 2.45. The minimum absolute atomic E-state index is 0.0836. The molecule has 0 bridgehead atoms. The van der Waals surface area contributed by atoms with Gasteiger partial charge in [0.05, 0.1) is 6.61 Å². The van der Waals surface area contributed by atoms with Crippen molar-refractivity contribution in [2.45, 2.75) is 38.5 Å². The van der Waals surface area contributed by atoms with Crippen LogP contribution in [-0.4, -0.2) is 24.1 Å². The molecular formula is C25H24INO3. The van der Waals surface area contributed by atoms with Gasteiger partial charge in [-0.15, -0.1) is 0 Å². The molecule has 30 heavy (non-hydrogen) atoms. The topological polar surface area (TPSA) is 55.7 Å². The molecule has 2 aromatic carbocycles. The number of benzene rings is 2. The number of carbonyl (C=O) groups excluding carboxylic acids is 2. The van der Waals surface area contributed by atoms with Crippen molar-refractivity contribution in [3.05, 3.63) is 80.6 Å². The van der Waals surface area contributed by atoms with E-state index in [-0.39, 0.29) is 23.6 Å². The second-order valence-electron chi connectivity index (χ2n) is 7.78. The molecule has 154 valence electrons. The summed E-state index contributed by atoms with van der Waals surface area (Å²) >= 11 is 2.28. The summed E-state index contributed by atoms with van der Waals surface area (Å²) in [4.78, 5) is 31.2. The molecule has 0 saturated heterocycles. The van der Waals surface area contributed by atoms with Crippen LogP contribution in [0.1, 0.15) is 49.7 Å². The number of allylic oxidation sites excluding steroid dienone is 2. The maximum Gasteiger partial charge on any atom is 0.315 e. The Bertz CT molecular complexity index is 1040. The van der Waals surface area contributed by atoms with Gasteiger partial charge in [-0.05, 0) is 66.0 Å². The lowest BCUT2D eigenvalue weighted by molar-refractivity contribution is -0.146. The van der Waals surface area contributed by atoms with Crippen LogP contribution in [0.3, 0.4) is 0 Å². The number of esters is 1. The maximum atomic E-state index is 13.5. The van der Waals surface area contributed by atoms with Gasteiger partial charge in [0.1, 0.15) is 5.92 Å². The van der Waals surface area contributed by atoms with Gasteiger partial charge in [0.15, 0.2) is 5.78 Å². The summed E-state index contributed by atoms with van der Waals surface area (Å²) in [6.07, 6.45) is 1.14.